The van der Waals surface area contributed by atoms with E-state index in [0.29, 0.717) is 4.90 Å². The zero-order chi connectivity index (χ0) is 23.8. The second-order valence-electron chi connectivity index (χ2n) is 6.40. The van der Waals surface area contributed by atoms with Crippen LogP contribution < -0.4 is 0 Å². The average molecular weight is 506 g/mol. The molecule has 0 radical (unpaired) electrons. The largest absolute Gasteiger partial charge is 0.481 e. The molecule has 3 rings (SSSR count). The highest BCUT2D eigenvalue weighted by Crippen LogP contribution is 2.38. The van der Waals surface area contributed by atoms with E-state index in [4.69, 9.17) is 33.3 Å². The van der Waals surface area contributed by atoms with E-state index in [1.807, 2.05) is 0 Å². The number of hydrogen-bond acceptors (Lipinski definition) is 6. The SMILES string of the molecule is O=C(O)CC(C(=O)O)N1C(=O)/C(=C\c2ccc(-c3cc(C(F)(F)F)ccc3Cl)o2)SC1=S. The van der Waals surface area contributed by atoms with Crippen LogP contribution in [0.4, 0.5) is 13.2 Å². The minimum Gasteiger partial charge on any atom is -0.481 e. The monoisotopic (exact) mass is 505 g/mol. The Morgan fingerprint density at radius 3 is 2.53 bits per heavy atom. The number of benzene rings is 1. The Hall–Kier alpha value is -2.83. The van der Waals surface area contributed by atoms with Crippen LogP contribution in [0.3, 0.4) is 0 Å². The van der Waals surface area contributed by atoms with Crippen molar-refractivity contribution >= 4 is 63.8 Å². The van der Waals surface area contributed by atoms with Crippen LogP contribution in [0.5, 0.6) is 0 Å². The van der Waals surface area contributed by atoms with Crippen molar-refractivity contribution in [3.05, 3.63) is 51.6 Å². The summed E-state index contributed by atoms with van der Waals surface area (Å²) >= 11 is 11.8. The van der Waals surface area contributed by atoms with Crippen molar-refractivity contribution in [1.29, 1.82) is 0 Å². The molecule has 1 atom stereocenters. The predicted molar refractivity (Wildman–Crippen MR) is 113 cm³/mol. The summed E-state index contributed by atoms with van der Waals surface area (Å²) in [5.41, 5.74) is -0.935. The summed E-state index contributed by atoms with van der Waals surface area (Å²) < 4.78 is 44.3. The van der Waals surface area contributed by atoms with Crippen molar-refractivity contribution < 1.29 is 42.2 Å². The van der Waals surface area contributed by atoms with E-state index in [2.05, 4.69) is 0 Å². The topological polar surface area (TPSA) is 108 Å². The molecule has 0 aliphatic carbocycles. The molecule has 32 heavy (non-hydrogen) atoms. The molecule has 1 unspecified atom stereocenters. The number of nitrogens with zero attached hydrogens (tertiary/aromatic N) is 1. The van der Waals surface area contributed by atoms with Gasteiger partial charge in [0.05, 0.1) is 21.9 Å². The van der Waals surface area contributed by atoms with Crippen molar-refractivity contribution in [2.75, 3.05) is 0 Å². The second-order valence-corrected chi connectivity index (χ2v) is 8.48. The highest BCUT2D eigenvalue weighted by Gasteiger charge is 2.41. The summed E-state index contributed by atoms with van der Waals surface area (Å²) in [6, 6.07) is 3.79. The van der Waals surface area contributed by atoms with E-state index in [0.717, 1.165) is 30.0 Å². The summed E-state index contributed by atoms with van der Waals surface area (Å²) in [5.74, 6) is -3.71. The third-order valence-corrected chi connectivity index (χ3v) is 5.91. The van der Waals surface area contributed by atoms with Crippen LogP contribution in [0.2, 0.25) is 5.02 Å². The van der Waals surface area contributed by atoms with Gasteiger partial charge >= 0.3 is 18.1 Å². The number of carboxylic acids is 2. The normalized spacial score (nSPS) is 16.6. The molecule has 2 heterocycles. The maximum atomic E-state index is 13.0. The molecule has 13 heteroatoms. The number of carbonyl (C=O) groups is 3. The zero-order valence-electron chi connectivity index (χ0n) is 15.6. The Balaban J connectivity index is 1.90. The van der Waals surface area contributed by atoms with E-state index in [-0.39, 0.29) is 31.3 Å². The molecule has 0 spiro atoms. The molecular weight excluding hydrogens is 495 g/mol. The molecule has 2 N–H and O–H groups in total. The summed E-state index contributed by atoms with van der Waals surface area (Å²) in [6.07, 6.45) is -4.21. The van der Waals surface area contributed by atoms with Crippen LogP contribution in [-0.4, -0.2) is 43.3 Å². The summed E-state index contributed by atoms with van der Waals surface area (Å²) in [5, 5.41) is 18.2. The lowest BCUT2D eigenvalue weighted by molar-refractivity contribution is -0.150. The lowest BCUT2D eigenvalue weighted by Crippen LogP contribution is -2.45. The lowest BCUT2D eigenvalue weighted by Gasteiger charge is -2.21. The van der Waals surface area contributed by atoms with Gasteiger partial charge in [0.15, 0.2) is 0 Å². The quantitative estimate of drug-likeness (QED) is 0.428. The number of carbonyl (C=O) groups excluding carboxylic acids is 1. The van der Waals surface area contributed by atoms with E-state index >= 15 is 0 Å². The molecule has 1 aliphatic rings. The molecule has 1 fully saturated rings. The van der Waals surface area contributed by atoms with E-state index in [1.54, 1.807) is 0 Å². The van der Waals surface area contributed by atoms with E-state index in [1.165, 1.54) is 18.2 Å². The number of thioether (sulfide) groups is 1. The minimum atomic E-state index is -4.58. The number of halogens is 4. The number of rotatable bonds is 6. The Kier molecular flexibility index (Phi) is 6.67. The van der Waals surface area contributed by atoms with Gasteiger partial charge < -0.3 is 14.6 Å². The van der Waals surface area contributed by atoms with E-state index in [9.17, 15) is 32.7 Å². The standard InChI is InChI=1S/C19H11ClF3NO6S2/c20-11-3-1-8(19(21,22)23)5-10(11)13-4-2-9(30-13)6-14-16(27)24(18(31)32-14)12(17(28)29)7-15(25)26/h1-6,12H,7H2,(H,25,26)(H,28,29)/b14-6+. The maximum absolute atomic E-state index is 13.0. The number of carboxylic acid groups (broad SMARTS) is 2. The number of amides is 1. The summed E-state index contributed by atoms with van der Waals surface area (Å²) in [4.78, 5) is 35.6. The highest BCUT2D eigenvalue weighted by molar-refractivity contribution is 8.26. The van der Waals surface area contributed by atoms with Gasteiger partial charge in [0, 0.05) is 11.6 Å². The molecule has 0 bridgehead atoms. The fourth-order valence-electron chi connectivity index (χ4n) is 2.80. The molecular formula is C19H11ClF3NO6S2. The fraction of sp³-hybridized carbons (Fsp3) is 0.158. The summed E-state index contributed by atoms with van der Waals surface area (Å²) in [6.45, 7) is 0. The van der Waals surface area contributed by atoms with Crippen molar-refractivity contribution in [2.24, 2.45) is 0 Å². The Morgan fingerprint density at radius 2 is 1.94 bits per heavy atom. The summed E-state index contributed by atoms with van der Waals surface area (Å²) in [7, 11) is 0. The van der Waals surface area contributed by atoms with Crippen LogP contribution in [-0.2, 0) is 20.6 Å². The number of furan rings is 1. The number of alkyl halides is 3. The smallest absolute Gasteiger partial charge is 0.416 e. The third-order valence-electron chi connectivity index (χ3n) is 4.25. The van der Waals surface area contributed by atoms with Gasteiger partial charge in [-0.25, -0.2) is 4.79 Å². The average Bonchev–Trinajstić information content (AvgIpc) is 3.24. The molecule has 1 aliphatic heterocycles. The first-order valence-electron chi connectivity index (χ1n) is 8.57. The molecule has 1 saturated heterocycles. The highest BCUT2D eigenvalue weighted by atomic mass is 35.5. The van der Waals surface area contributed by atoms with Crippen LogP contribution in [0.15, 0.2) is 39.7 Å². The van der Waals surface area contributed by atoms with Crippen molar-refractivity contribution in [3.63, 3.8) is 0 Å². The van der Waals surface area contributed by atoms with Crippen molar-refractivity contribution in [2.45, 2.75) is 18.6 Å². The molecule has 1 aromatic carbocycles. The third kappa shape index (κ3) is 4.97. The molecule has 7 nitrogen and oxygen atoms in total. The van der Waals surface area contributed by atoms with E-state index < -0.39 is 42.0 Å². The molecule has 2 aromatic rings. The van der Waals surface area contributed by atoms with Crippen molar-refractivity contribution in [3.8, 4) is 11.3 Å². The molecule has 0 saturated carbocycles. The fourth-order valence-corrected chi connectivity index (χ4v) is 4.35. The van der Waals surface area contributed by atoms with Gasteiger partial charge in [0.1, 0.15) is 21.9 Å². The molecule has 1 aromatic heterocycles. The Bertz CT molecular complexity index is 1160. The number of thiocarbonyl (C=S) groups is 1. The van der Waals surface area contributed by atoms with Crippen LogP contribution in [0.1, 0.15) is 17.7 Å². The lowest BCUT2D eigenvalue weighted by atomic mass is 10.1. The molecule has 168 valence electrons. The first kappa shape index (κ1) is 23.8. The maximum Gasteiger partial charge on any atom is 0.416 e. The first-order valence-corrected chi connectivity index (χ1v) is 10.2. The predicted octanol–water partition coefficient (Wildman–Crippen LogP) is 4.75. The number of aliphatic carboxylic acids is 2. The number of hydrogen-bond donors (Lipinski definition) is 2. The van der Waals surface area contributed by atoms with Gasteiger partial charge in [-0.3, -0.25) is 14.5 Å². The van der Waals surface area contributed by atoms with Crippen molar-refractivity contribution in [1.82, 2.24) is 4.90 Å². The van der Waals surface area contributed by atoms with Crippen LogP contribution >= 0.6 is 35.6 Å². The van der Waals surface area contributed by atoms with Gasteiger partial charge in [-0.2, -0.15) is 13.2 Å². The van der Waals surface area contributed by atoms with Gasteiger partial charge in [0.2, 0.25) is 0 Å². The Labute approximate surface area is 192 Å². The Morgan fingerprint density at radius 1 is 1.25 bits per heavy atom. The zero-order valence-corrected chi connectivity index (χ0v) is 17.9. The van der Waals surface area contributed by atoms with Gasteiger partial charge in [-0.15, -0.1) is 0 Å². The van der Waals surface area contributed by atoms with Gasteiger partial charge in [0.25, 0.3) is 5.91 Å². The van der Waals surface area contributed by atoms with Gasteiger partial charge in [-0.05, 0) is 30.3 Å². The van der Waals surface area contributed by atoms with Crippen LogP contribution in [0, 0.1) is 0 Å². The van der Waals surface area contributed by atoms with Crippen LogP contribution in [0.25, 0.3) is 17.4 Å². The van der Waals surface area contributed by atoms with Gasteiger partial charge in [-0.1, -0.05) is 35.6 Å². The first-order chi connectivity index (χ1) is 14.9. The minimum absolute atomic E-state index is 0.0112. The molecule has 1 amide bonds. The second kappa shape index (κ2) is 8.96.